The van der Waals surface area contributed by atoms with E-state index >= 15 is 0 Å². The van der Waals surface area contributed by atoms with Gasteiger partial charge in [0.15, 0.2) is 0 Å². The summed E-state index contributed by atoms with van der Waals surface area (Å²) in [6.07, 6.45) is 0. The Hall–Kier alpha value is 0.310. The number of aliphatic hydroxyl groups excluding tert-OH is 1. The van der Waals surface area contributed by atoms with E-state index in [1.54, 1.807) is 0 Å². The van der Waals surface area contributed by atoms with Crippen LogP contribution in [-0.4, -0.2) is 10.9 Å². The van der Waals surface area contributed by atoms with Gasteiger partial charge in [0.1, 0.15) is 5.94 Å². The van der Waals surface area contributed by atoms with Gasteiger partial charge in [-0.25, -0.2) is 0 Å². The van der Waals surface area contributed by atoms with Crippen molar-refractivity contribution in [3.8, 4) is 0 Å². The van der Waals surface area contributed by atoms with E-state index in [0.717, 1.165) is 11.7 Å². The molecule has 0 aromatic carbocycles. The lowest BCUT2D eigenvalue weighted by molar-refractivity contribution is 0.446. The summed E-state index contributed by atoms with van der Waals surface area (Å²) in [5, 5.41) is 7.90. The second-order valence-electron chi connectivity index (χ2n) is 0.561. The highest BCUT2D eigenvalue weighted by atomic mass is 32.2. The van der Waals surface area contributed by atoms with Gasteiger partial charge in [0, 0.05) is 0 Å². The third-order valence-electron chi connectivity index (χ3n) is 0.241. The summed E-state index contributed by atoms with van der Waals surface area (Å²) >= 11 is 1.39. The molecule has 0 bridgehead atoms. The van der Waals surface area contributed by atoms with Crippen molar-refractivity contribution < 1.29 is 5.11 Å². The highest BCUT2D eigenvalue weighted by Gasteiger charge is 1.69. The van der Waals surface area contributed by atoms with Crippen LogP contribution < -0.4 is 0 Å². The molecule has 0 aromatic rings. The lowest BCUT2D eigenvalue weighted by atomic mass is 11.0. The first-order valence-electron chi connectivity index (χ1n) is 1.49. The van der Waals surface area contributed by atoms with E-state index < -0.39 is 0 Å². The van der Waals surface area contributed by atoms with E-state index in [0.29, 0.717) is 0 Å². The molecule has 0 spiro atoms. The van der Waals surface area contributed by atoms with Gasteiger partial charge in [0.05, 0.1) is 0 Å². The molecular formula is C3H7OS. The van der Waals surface area contributed by atoms with Crippen molar-refractivity contribution in [2.45, 2.75) is 6.92 Å². The molecule has 1 radical (unpaired) electrons. The lowest BCUT2D eigenvalue weighted by Gasteiger charge is -1.79. The van der Waals surface area contributed by atoms with Gasteiger partial charge in [-0.2, -0.15) is 0 Å². The van der Waals surface area contributed by atoms with Crippen LogP contribution in [0.25, 0.3) is 0 Å². The van der Waals surface area contributed by atoms with Crippen LogP contribution in [0.3, 0.4) is 0 Å². The minimum absolute atomic E-state index is 0.955. The van der Waals surface area contributed by atoms with Crippen LogP contribution in [0.4, 0.5) is 0 Å². The Balaban J connectivity index is 2.19. The molecule has 0 fully saturated rings. The summed E-state index contributed by atoms with van der Waals surface area (Å²) in [6, 6.07) is 0. The van der Waals surface area contributed by atoms with Gasteiger partial charge in [0.2, 0.25) is 0 Å². The molecular weight excluding hydrogens is 84.1 g/mol. The third-order valence-corrected chi connectivity index (χ3v) is 0.724. The Morgan fingerprint density at radius 1 is 2.00 bits per heavy atom. The zero-order chi connectivity index (χ0) is 4.12. The molecule has 1 N–H and O–H groups in total. The number of thioether (sulfide) groups is 1. The third kappa shape index (κ3) is 4.31. The Kier molecular flexibility index (Phi) is 4.58. The van der Waals surface area contributed by atoms with Crippen molar-refractivity contribution in [2.75, 3.05) is 5.75 Å². The standard InChI is InChI=1S/C3H7OS/c1-2-5-3-4/h3-4H,2H2,1H3. The van der Waals surface area contributed by atoms with Crippen LogP contribution in [-0.2, 0) is 0 Å². The molecule has 0 saturated carbocycles. The van der Waals surface area contributed by atoms with Gasteiger partial charge >= 0.3 is 0 Å². The summed E-state index contributed by atoms with van der Waals surface area (Å²) in [6.45, 7) is 1.98. The summed E-state index contributed by atoms with van der Waals surface area (Å²) in [5.41, 5.74) is 0. The second kappa shape index (κ2) is 4.31. The SMILES string of the molecule is CCS[CH]O. The van der Waals surface area contributed by atoms with Crippen LogP contribution in [0.5, 0.6) is 0 Å². The summed E-state index contributed by atoms with van der Waals surface area (Å²) in [5.74, 6) is 2.05. The predicted octanol–water partition coefficient (Wildman–Crippen LogP) is 1.23. The Morgan fingerprint density at radius 2 is 2.60 bits per heavy atom. The first-order chi connectivity index (χ1) is 2.41. The molecule has 0 heterocycles. The van der Waals surface area contributed by atoms with E-state index in [2.05, 4.69) is 0 Å². The van der Waals surface area contributed by atoms with Gasteiger partial charge < -0.3 is 5.11 Å². The van der Waals surface area contributed by atoms with Crippen molar-refractivity contribution in [1.29, 1.82) is 0 Å². The van der Waals surface area contributed by atoms with Crippen LogP contribution in [0, 0.1) is 5.94 Å². The van der Waals surface area contributed by atoms with Crippen LogP contribution in [0.15, 0.2) is 0 Å². The maximum Gasteiger partial charge on any atom is 0.135 e. The highest BCUT2D eigenvalue weighted by molar-refractivity contribution is 8.00. The summed E-state index contributed by atoms with van der Waals surface area (Å²) in [7, 11) is 0. The van der Waals surface area contributed by atoms with Crippen molar-refractivity contribution in [3.05, 3.63) is 5.94 Å². The number of aliphatic hydroxyl groups is 1. The van der Waals surface area contributed by atoms with Gasteiger partial charge in [-0.1, -0.05) is 6.92 Å². The first-order valence-corrected chi connectivity index (χ1v) is 2.54. The molecule has 1 nitrogen and oxygen atoms in total. The van der Waals surface area contributed by atoms with E-state index in [9.17, 15) is 0 Å². The Morgan fingerprint density at radius 3 is 2.60 bits per heavy atom. The maximum absolute atomic E-state index is 7.90. The molecule has 0 atom stereocenters. The molecule has 2 heteroatoms. The minimum atomic E-state index is 0.955. The van der Waals surface area contributed by atoms with E-state index in [1.807, 2.05) is 6.92 Å². The van der Waals surface area contributed by atoms with Gasteiger partial charge in [-0.15, -0.1) is 11.8 Å². The average molecular weight is 91.2 g/mol. The average Bonchev–Trinajstić information content (AvgIpc) is 1.41. The fourth-order valence-electron chi connectivity index (χ4n) is 0.0745. The molecule has 0 saturated heterocycles. The molecule has 0 amide bonds. The van der Waals surface area contributed by atoms with Crippen molar-refractivity contribution in [2.24, 2.45) is 0 Å². The van der Waals surface area contributed by atoms with Gasteiger partial charge in [-0.3, -0.25) is 0 Å². The fraction of sp³-hybridized carbons (Fsp3) is 0.667. The Labute approximate surface area is 36.4 Å². The topological polar surface area (TPSA) is 20.2 Å². The van der Waals surface area contributed by atoms with Crippen LogP contribution >= 0.6 is 11.8 Å². The number of hydrogen-bond donors (Lipinski definition) is 1. The van der Waals surface area contributed by atoms with Gasteiger partial charge in [-0.05, 0) is 5.75 Å². The van der Waals surface area contributed by atoms with Crippen LogP contribution in [0.1, 0.15) is 6.92 Å². The molecule has 0 unspecified atom stereocenters. The number of rotatable bonds is 2. The van der Waals surface area contributed by atoms with E-state index in [1.165, 1.54) is 11.8 Å². The zero-order valence-electron chi connectivity index (χ0n) is 3.14. The molecule has 0 aromatic heterocycles. The largest absolute Gasteiger partial charge is 0.379 e. The molecule has 0 aliphatic carbocycles. The maximum atomic E-state index is 7.90. The summed E-state index contributed by atoms with van der Waals surface area (Å²) < 4.78 is 0. The molecule has 0 rings (SSSR count). The zero-order valence-corrected chi connectivity index (χ0v) is 3.96. The molecule has 0 aliphatic heterocycles. The van der Waals surface area contributed by atoms with E-state index in [4.69, 9.17) is 5.11 Å². The lowest BCUT2D eigenvalue weighted by Crippen LogP contribution is -1.61. The summed E-state index contributed by atoms with van der Waals surface area (Å²) in [4.78, 5) is 0. The minimum Gasteiger partial charge on any atom is -0.379 e. The smallest absolute Gasteiger partial charge is 0.135 e. The van der Waals surface area contributed by atoms with Crippen molar-refractivity contribution >= 4 is 11.8 Å². The highest BCUT2D eigenvalue weighted by Crippen LogP contribution is 1.96. The first kappa shape index (κ1) is 5.31. The monoisotopic (exact) mass is 91.0 g/mol. The Bertz CT molecular complexity index is 14.4. The molecule has 5 heavy (non-hydrogen) atoms. The molecule has 0 aliphatic rings. The van der Waals surface area contributed by atoms with Gasteiger partial charge in [0.25, 0.3) is 0 Å². The van der Waals surface area contributed by atoms with Crippen LogP contribution in [0.2, 0.25) is 0 Å². The quantitative estimate of drug-likeness (QED) is 0.551. The van der Waals surface area contributed by atoms with Crippen molar-refractivity contribution in [3.63, 3.8) is 0 Å². The molecule has 31 valence electrons. The normalized spacial score (nSPS) is 8.40. The van der Waals surface area contributed by atoms with E-state index in [-0.39, 0.29) is 0 Å². The second-order valence-corrected chi connectivity index (χ2v) is 1.68. The predicted molar refractivity (Wildman–Crippen MR) is 24.4 cm³/mol. The fourth-order valence-corrected chi connectivity index (χ4v) is 0.224. The number of hydrogen-bond acceptors (Lipinski definition) is 2. The van der Waals surface area contributed by atoms with Crippen molar-refractivity contribution in [1.82, 2.24) is 0 Å².